The number of aromatic nitrogens is 5. The first-order valence-corrected chi connectivity index (χ1v) is 8.52. The molecule has 1 saturated heterocycles. The molecule has 0 N–H and O–H groups in total. The molecule has 1 aliphatic heterocycles. The van der Waals surface area contributed by atoms with E-state index in [-0.39, 0.29) is 11.2 Å². The molecule has 3 heterocycles. The van der Waals surface area contributed by atoms with Crippen molar-refractivity contribution >= 4 is 23.4 Å². The minimum atomic E-state index is -0.156. The molecule has 0 aliphatic carbocycles. The Labute approximate surface area is 143 Å². The molecule has 0 spiro atoms. The summed E-state index contributed by atoms with van der Waals surface area (Å²) >= 11 is 1.46. The maximum Gasteiger partial charge on any atom is 0.240 e. The third kappa shape index (κ3) is 2.69. The van der Waals surface area contributed by atoms with Crippen LogP contribution in [0, 0.1) is 0 Å². The molecule has 3 aromatic rings. The molecule has 0 saturated carbocycles. The van der Waals surface area contributed by atoms with Crippen LogP contribution in [0.1, 0.15) is 6.42 Å². The summed E-state index contributed by atoms with van der Waals surface area (Å²) in [6.07, 6.45) is 6.03. The Morgan fingerprint density at radius 2 is 2.04 bits per heavy atom. The van der Waals surface area contributed by atoms with Crippen LogP contribution in [0.5, 0.6) is 0 Å². The number of hydrogen-bond acceptors (Lipinski definition) is 5. The highest BCUT2D eigenvalue weighted by Crippen LogP contribution is 2.32. The number of rotatable bonds is 4. The lowest BCUT2D eigenvalue weighted by atomic mass is 10.3. The number of benzene rings is 1. The van der Waals surface area contributed by atoms with Crippen molar-refractivity contribution in [1.82, 2.24) is 24.5 Å². The molecule has 24 heavy (non-hydrogen) atoms. The Balaban J connectivity index is 1.53. The molecule has 4 rings (SSSR count). The van der Waals surface area contributed by atoms with Gasteiger partial charge in [0.2, 0.25) is 5.91 Å². The summed E-state index contributed by atoms with van der Waals surface area (Å²) in [6, 6.07) is 9.88. The third-order valence-corrected chi connectivity index (χ3v) is 5.17. The molecule has 1 atom stereocenters. The lowest BCUT2D eigenvalue weighted by Crippen LogP contribution is -2.27. The summed E-state index contributed by atoms with van der Waals surface area (Å²) in [7, 11) is 1.85. The number of thioether (sulfide) groups is 1. The molecule has 0 radical (unpaired) electrons. The lowest BCUT2D eigenvalue weighted by molar-refractivity contribution is -0.116. The Kier molecular flexibility index (Phi) is 3.81. The standard InChI is InChI=1S/C16H16N6OS/c1-20-10-13(9-18-20)21-8-7-14(15(21)23)24-16-19-17-11-22(16)12-5-3-2-4-6-12/h2-6,9-11,14H,7-8H2,1H3. The largest absolute Gasteiger partial charge is 0.308 e. The van der Waals surface area contributed by atoms with Gasteiger partial charge in [0.25, 0.3) is 0 Å². The molecular formula is C16H16N6OS. The van der Waals surface area contributed by atoms with Crippen LogP contribution in [0.3, 0.4) is 0 Å². The van der Waals surface area contributed by atoms with Gasteiger partial charge in [-0.1, -0.05) is 30.0 Å². The van der Waals surface area contributed by atoms with Gasteiger partial charge in [0.1, 0.15) is 6.33 Å². The highest BCUT2D eigenvalue weighted by molar-refractivity contribution is 8.00. The molecule has 7 nitrogen and oxygen atoms in total. The molecule has 1 aromatic carbocycles. The van der Waals surface area contributed by atoms with Crippen LogP contribution in [0.15, 0.2) is 54.2 Å². The first-order valence-electron chi connectivity index (χ1n) is 7.64. The van der Waals surface area contributed by atoms with Gasteiger partial charge in [0.05, 0.1) is 17.1 Å². The van der Waals surface area contributed by atoms with Gasteiger partial charge in [0.15, 0.2) is 5.16 Å². The van der Waals surface area contributed by atoms with Crippen molar-refractivity contribution in [3.05, 3.63) is 49.1 Å². The SMILES string of the molecule is Cn1cc(N2CCC(Sc3nncn3-c3ccccc3)C2=O)cn1. The van der Waals surface area contributed by atoms with Crippen molar-refractivity contribution in [3.8, 4) is 5.69 Å². The Morgan fingerprint density at radius 3 is 2.79 bits per heavy atom. The predicted octanol–water partition coefficient (Wildman–Crippen LogP) is 1.90. The summed E-state index contributed by atoms with van der Waals surface area (Å²) in [6.45, 7) is 0.696. The maximum absolute atomic E-state index is 12.7. The highest BCUT2D eigenvalue weighted by Gasteiger charge is 2.35. The van der Waals surface area contributed by atoms with Crippen molar-refractivity contribution in [3.63, 3.8) is 0 Å². The lowest BCUT2D eigenvalue weighted by Gasteiger charge is -2.14. The highest BCUT2D eigenvalue weighted by atomic mass is 32.2. The number of carbonyl (C=O) groups excluding carboxylic acids is 1. The zero-order valence-electron chi connectivity index (χ0n) is 13.1. The van der Waals surface area contributed by atoms with E-state index in [0.717, 1.165) is 23.0 Å². The van der Waals surface area contributed by atoms with Gasteiger partial charge in [-0.25, -0.2) is 0 Å². The van der Waals surface area contributed by atoms with Crippen molar-refractivity contribution in [1.29, 1.82) is 0 Å². The number of amides is 1. The van der Waals surface area contributed by atoms with E-state index in [2.05, 4.69) is 15.3 Å². The fraction of sp³-hybridized carbons (Fsp3) is 0.250. The normalized spacial score (nSPS) is 17.6. The second-order valence-electron chi connectivity index (χ2n) is 5.58. The minimum Gasteiger partial charge on any atom is -0.308 e. The number of anilines is 1. The van der Waals surface area contributed by atoms with E-state index in [4.69, 9.17) is 0 Å². The second-order valence-corrected chi connectivity index (χ2v) is 6.75. The van der Waals surface area contributed by atoms with Crippen LogP contribution < -0.4 is 4.90 Å². The quantitative estimate of drug-likeness (QED) is 0.725. The predicted molar refractivity (Wildman–Crippen MR) is 91.2 cm³/mol. The molecule has 1 unspecified atom stereocenters. The zero-order chi connectivity index (χ0) is 16.5. The van der Waals surface area contributed by atoms with E-state index in [1.807, 2.05) is 48.1 Å². The summed E-state index contributed by atoms with van der Waals surface area (Å²) in [4.78, 5) is 14.5. The molecule has 0 bridgehead atoms. The summed E-state index contributed by atoms with van der Waals surface area (Å²) < 4.78 is 3.61. The fourth-order valence-electron chi connectivity index (χ4n) is 2.76. The topological polar surface area (TPSA) is 68.8 Å². The molecule has 122 valence electrons. The van der Waals surface area contributed by atoms with Gasteiger partial charge in [0, 0.05) is 25.5 Å². The van der Waals surface area contributed by atoms with Crippen LogP contribution in [0.25, 0.3) is 5.69 Å². The van der Waals surface area contributed by atoms with Gasteiger partial charge < -0.3 is 4.90 Å². The molecule has 1 fully saturated rings. The van der Waals surface area contributed by atoms with Gasteiger partial charge >= 0.3 is 0 Å². The van der Waals surface area contributed by atoms with Crippen LogP contribution in [0.4, 0.5) is 5.69 Å². The third-order valence-electron chi connectivity index (χ3n) is 3.96. The Bertz CT molecular complexity index is 858. The van der Waals surface area contributed by atoms with Crippen LogP contribution >= 0.6 is 11.8 Å². The van der Waals surface area contributed by atoms with Gasteiger partial charge in [-0.2, -0.15) is 5.10 Å². The minimum absolute atomic E-state index is 0.0932. The zero-order valence-corrected chi connectivity index (χ0v) is 13.9. The van der Waals surface area contributed by atoms with Gasteiger partial charge in [-0.05, 0) is 18.6 Å². The number of nitrogens with zero attached hydrogens (tertiary/aromatic N) is 6. The second kappa shape index (κ2) is 6.12. The Morgan fingerprint density at radius 1 is 1.21 bits per heavy atom. The number of hydrogen-bond donors (Lipinski definition) is 0. The van der Waals surface area contributed by atoms with Crippen molar-refractivity contribution in [2.45, 2.75) is 16.8 Å². The van der Waals surface area contributed by atoms with E-state index in [1.165, 1.54) is 11.8 Å². The Hall–Kier alpha value is -2.61. The van der Waals surface area contributed by atoms with Crippen LogP contribution in [-0.2, 0) is 11.8 Å². The molecular weight excluding hydrogens is 324 g/mol. The van der Waals surface area contributed by atoms with E-state index < -0.39 is 0 Å². The summed E-state index contributed by atoms with van der Waals surface area (Å²) in [5, 5.41) is 12.9. The van der Waals surface area contributed by atoms with E-state index in [0.29, 0.717) is 6.54 Å². The molecule has 2 aromatic heterocycles. The van der Waals surface area contributed by atoms with Crippen molar-refractivity contribution < 1.29 is 4.79 Å². The summed E-state index contributed by atoms with van der Waals surface area (Å²) in [5.41, 5.74) is 1.83. The maximum atomic E-state index is 12.7. The first kappa shape index (κ1) is 14.9. The smallest absolute Gasteiger partial charge is 0.240 e. The number of carbonyl (C=O) groups is 1. The monoisotopic (exact) mass is 340 g/mol. The summed E-state index contributed by atoms with van der Waals surface area (Å²) in [5.74, 6) is 0.0932. The van der Waals surface area contributed by atoms with Gasteiger partial charge in [-0.15, -0.1) is 10.2 Å². The van der Waals surface area contributed by atoms with E-state index in [1.54, 1.807) is 22.1 Å². The van der Waals surface area contributed by atoms with Crippen molar-refractivity contribution in [2.24, 2.45) is 7.05 Å². The van der Waals surface area contributed by atoms with Crippen LogP contribution in [0.2, 0.25) is 0 Å². The van der Waals surface area contributed by atoms with Crippen LogP contribution in [-0.4, -0.2) is 42.2 Å². The molecule has 1 aliphatic rings. The average Bonchev–Trinajstić information content (AvgIpc) is 3.31. The molecule has 1 amide bonds. The van der Waals surface area contributed by atoms with E-state index in [9.17, 15) is 4.79 Å². The van der Waals surface area contributed by atoms with E-state index >= 15 is 0 Å². The first-order chi connectivity index (χ1) is 11.7. The number of para-hydroxylation sites is 1. The van der Waals surface area contributed by atoms with Crippen molar-refractivity contribution in [2.75, 3.05) is 11.4 Å². The number of aryl methyl sites for hydroxylation is 1. The average molecular weight is 340 g/mol. The fourth-order valence-corrected chi connectivity index (χ4v) is 3.83. The van der Waals surface area contributed by atoms with Gasteiger partial charge in [-0.3, -0.25) is 14.0 Å². The molecule has 8 heteroatoms.